The highest BCUT2D eigenvalue weighted by Crippen LogP contribution is 2.08. The van der Waals surface area contributed by atoms with Gasteiger partial charge < -0.3 is 10.2 Å². The summed E-state index contributed by atoms with van der Waals surface area (Å²) in [6.45, 7) is 6.88. The second-order valence-corrected chi connectivity index (χ2v) is 4.58. The Kier molecular flexibility index (Phi) is 4.74. The summed E-state index contributed by atoms with van der Waals surface area (Å²) in [5, 5.41) is 3.37. The molecule has 0 spiro atoms. The highest BCUT2D eigenvalue weighted by molar-refractivity contribution is 5.34. The molecular formula is C13H22N4. The molecule has 0 unspecified atom stereocenters. The van der Waals surface area contributed by atoms with Crippen LogP contribution in [0, 0.1) is 0 Å². The van der Waals surface area contributed by atoms with E-state index in [0.29, 0.717) is 0 Å². The van der Waals surface area contributed by atoms with Crippen molar-refractivity contribution < 1.29 is 0 Å². The van der Waals surface area contributed by atoms with E-state index < -0.39 is 0 Å². The molecule has 0 aromatic carbocycles. The van der Waals surface area contributed by atoms with Crippen molar-refractivity contribution in [1.29, 1.82) is 0 Å². The first kappa shape index (κ1) is 12.3. The van der Waals surface area contributed by atoms with Crippen molar-refractivity contribution in [3.05, 3.63) is 18.1 Å². The zero-order valence-electron chi connectivity index (χ0n) is 10.7. The molecule has 1 saturated heterocycles. The Morgan fingerprint density at radius 3 is 2.88 bits per heavy atom. The number of nitrogens with zero attached hydrogens (tertiary/aromatic N) is 3. The molecule has 0 bridgehead atoms. The molecule has 1 aromatic rings. The van der Waals surface area contributed by atoms with Crippen molar-refractivity contribution in [2.75, 3.05) is 31.5 Å². The van der Waals surface area contributed by atoms with Gasteiger partial charge in [-0.25, -0.2) is 9.97 Å². The number of aromatic nitrogens is 2. The van der Waals surface area contributed by atoms with Crippen LogP contribution in [0.2, 0.25) is 0 Å². The van der Waals surface area contributed by atoms with Gasteiger partial charge in [0, 0.05) is 18.3 Å². The van der Waals surface area contributed by atoms with Crippen molar-refractivity contribution in [2.24, 2.45) is 0 Å². The van der Waals surface area contributed by atoms with E-state index in [4.69, 9.17) is 0 Å². The predicted molar refractivity (Wildman–Crippen MR) is 70.2 cm³/mol. The van der Waals surface area contributed by atoms with Gasteiger partial charge in [0.2, 0.25) is 0 Å². The van der Waals surface area contributed by atoms with Gasteiger partial charge in [-0.05, 0) is 45.3 Å². The van der Waals surface area contributed by atoms with Gasteiger partial charge in [0.15, 0.2) is 0 Å². The monoisotopic (exact) mass is 234 g/mol. The fraction of sp³-hybridized carbons (Fsp3) is 0.692. The zero-order valence-corrected chi connectivity index (χ0v) is 10.7. The maximum Gasteiger partial charge on any atom is 0.129 e. The summed E-state index contributed by atoms with van der Waals surface area (Å²) < 4.78 is 0. The van der Waals surface area contributed by atoms with Crippen LogP contribution in [0.5, 0.6) is 0 Å². The molecule has 1 aromatic heterocycles. The molecule has 0 atom stereocenters. The van der Waals surface area contributed by atoms with Crippen LogP contribution >= 0.6 is 0 Å². The van der Waals surface area contributed by atoms with Crippen molar-refractivity contribution >= 4 is 5.82 Å². The van der Waals surface area contributed by atoms with E-state index in [-0.39, 0.29) is 0 Å². The number of hydrogen-bond donors (Lipinski definition) is 1. The van der Waals surface area contributed by atoms with Crippen LogP contribution in [0.4, 0.5) is 5.82 Å². The average molecular weight is 234 g/mol. The minimum Gasteiger partial charge on any atom is -0.370 e. The molecule has 1 fully saturated rings. The molecule has 2 rings (SSSR count). The van der Waals surface area contributed by atoms with E-state index in [9.17, 15) is 0 Å². The molecule has 94 valence electrons. The molecule has 0 saturated carbocycles. The van der Waals surface area contributed by atoms with Gasteiger partial charge in [0.1, 0.15) is 12.1 Å². The van der Waals surface area contributed by atoms with Crippen LogP contribution in [-0.2, 0) is 6.42 Å². The van der Waals surface area contributed by atoms with Crippen LogP contribution in [0.15, 0.2) is 12.4 Å². The third-order valence-electron chi connectivity index (χ3n) is 3.24. The number of likely N-dealkylation sites (tertiary alicyclic amines) is 1. The van der Waals surface area contributed by atoms with Gasteiger partial charge >= 0.3 is 0 Å². The Morgan fingerprint density at radius 1 is 1.29 bits per heavy atom. The van der Waals surface area contributed by atoms with Crippen LogP contribution in [0.25, 0.3) is 0 Å². The second-order valence-electron chi connectivity index (χ2n) is 4.58. The lowest BCUT2D eigenvalue weighted by molar-refractivity contribution is 0.337. The lowest BCUT2D eigenvalue weighted by atomic mass is 10.3. The standard InChI is InChI=1S/C13H22N4/c1-2-12-10-13(16-11-15-12)14-6-5-9-17-7-3-4-8-17/h10-11H,2-9H2,1H3,(H,14,15,16). The molecule has 1 N–H and O–H groups in total. The van der Waals surface area contributed by atoms with Gasteiger partial charge in [0.05, 0.1) is 0 Å². The quantitative estimate of drug-likeness (QED) is 0.764. The summed E-state index contributed by atoms with van der Waals surface area (Å²) in [5.41, 5.74) is 1.10. The first-order valence-electron chi connectivity index (χ1n) is 6.65. The fourth-order valence-electron chi connectivity index (χ4n) is 2.21. The Bertz CT molecular complexity index is 334. The van der Waals surface area contributed by atoms with E-state index in [1.54, 1.807) is 6.33 Å². The van der Waals surface area contributed by atoms with Crippen LogP contribution in [-0.4, -0.2) is 41.0 Å². The molecule has 0 aliphatic carbocycles. The number of hydrogen-bond acceptors (Lipinski definition) is 4. The summed E-state index contributed by atoms with van der Waals surface area (Å²) >= 11 is 0. The van der Waals surface area contributed by atoms with Crippen LogP contribution in [0.1, 0.15) is 31.9 Å². The fourth-order valence-corrected chi connectivity index (χ4v) is 2.21. The Balaban J connectivity index is 1.66. The lowest BCUT2D eigenvalue weighted by Crippen LogP contribution is -2.22. The summed E-state index contributed by atoms with van der Waals surface area (Å²) in [6, 6.07) is 2.04. The Hall–Kier alpha value is -1.16. The first-order chi connectivity index (χ1) is 8.38. The van der Waals surface area contributed by atoms with Gasteiger partial charge in [-0.2, -0.15) is 0 Å². The molecule has 2 heterocycles. The topological polar surface area (TPSA) is 41.0 Å². The number of aryl methyl sites for hydroxylation is 1. The van der Waals surface area contributed by atoms with Crippen molar-refractivity contribution in [1.82, 2.24) is 14.9 Å². The zero-order chi connectivity index (χ0) is 11.9. The Labute approximate surface area is 103 Å². The van der Waals surface area contributed by atoms with Crippen molar-refractivity contribution in [3.8, 4) is 0 Å². The molecule has 4 nitrogen and oxygen atoms in total. The third kappa shape index (κ3) is 3.97. The van der Waals surface area contributed by atoms with Gasteiger partial charge in [-0.15, -0.1) is 0 Å². The molecule has 0 radical (unpaired) electrons. The highest BCUT2D eigenvalue weighted by atomic mass is 15.1. The SMILES string of the molecule is CCc1cc(NCCCN2CCCC2)ncn1. The Morgan fingerprint density at radius 2 is 2.12 bits per heavy atom. The van der Waals surface area contributed by atoms with Crippen LogP contribution < -0.4 is 5.32 Å². The second kappa shape index (κ2) is 6.55. The number of anilines is 1. The van der Waals surface area contributed by atoms with E-state index >= 15 is 0 Å². The van der Waals surface area contributed by atoms with E-state index in [1.165, 1.54) is 38.9 Å². The third-order valence-corrected chi connectivity index (χ3v) is 3.24. The summed E-state index contributed by atoms with van der Waals surface area (Å²) in [6.07, 6.45) is 6.54. The maximum absolute atomic E-state index is 4.22. The lowest BCUT2D eigenvalue weighted by Gasteiger charge is -2.14. The van der Waals surface area contributed by atoms with E-state index in [2.05, 4.69) is 27.1 Å². The smallest absolute Gasteiger partial charge is 0.129 e. The molecule has 0 amide bonds. The van der Waals surface area contributed by atoms with Gasteiger partial charge in [0.25, 0.3) is 0 Å². The summed E-state index contributed by atoms with van der Waals surface area (Å²) in [7, 11) is 0. The minimum atomic E-state index is 0.957. The molecule has 17 heavy (non-hydrogen) atoms. The number of nitrogens with one attached hydrogen (secondary N) is 1. The molecule has 1 aliphatic heterocycles. The minimum absolute atomic E-state index is 0.957. The van der Waals surface area contributed by atoms with E-state index in [0.717, 1.165) is 24.5 Å². The number of rotatable bonds is 6. The van der Waals surface area contributed by atoms with Gasteiger partial charge in [-0.3, -0.25) is 0 Å². The highest BCUT2D eigenvalue weighted by Gasteiger charge is 2.09. The summed E-state index contributed by atoms with van der Waals surface area (Å²) in [4.78, 5) is 11.0. The maximum atomic E-state index is 4.22. The normalized spacial score (nSPS) is 16.3. The molecule has 4 heteroatoms. The van der Waals surface area contributed by atoms with Crippen molar-refractivity contribution in [3.63, 3.8) is 0 Å². The van der Waals surface area contributed by atoms with Crippen LogP contribution in [0.3, 0.4) is 0 Å². The molecule has 1 aliphatic rings. The molecular weight excluding hydrogens is 212 g/mol. The van der Waals surface area contributed by atoms with Gasteiger partial charge in [-0.1, -0.05) is 6.92 Å². The van der Waals surface area contributed by atoms with E-state index in [1.807, 2.05) is 6.07 Å². The summed E-state index contributed by atoms with van der Waals surface area (Å²) in [5.74, 6) is 0.957. The average Bonchev–Trinajstić information content (AvgIpc) is 2.88. The first-order valence-corrected chi connectivity index (χ1v) is 6.65. The largest absolute Gasteiger partial charge is 0.370 e. The van der Waals surface area contributed by atoms with Crippen molar-refractivity contribution in [2.45, 2.75) is 32.6 Å². The predicted octanol–water partition coefficient (Wildman–Crippen LogP) is 1.94.